The molecular formula is C11H24N2O2S. The predicted molar refractivity (Wildman–Crippen MR) is 67.5 cm³/mol. The van der Waals surface area contributed by atoms with E-state index in [0.29, 0.717) is 11.8 Å². The van der Waals surface area contributed by atoms with E-state index >= 15 is 0 Å². The third-order valence-corrected chi connectivity index (χ3v) is 4.22. The van der Waals surface area contributed by atoms with Crippen LogP contribution in [0.3, 0.4) is 0 Å². The number of hydrogen-bond acceptors (Lipinski definition) is 4. The van der Waals surface area contributed by atoms with Crippen LogP contribution in [0.15, 0.2) is 0 Å². The van der Waals surface area contributed by atoms with Gasteiger partial charge in [0.2, 0.25) is 0 Å². The van der Waals surface area contributed by atoms with Gasteiger partial charge in [-0.15, -0.1) is 0 Å². The van der Waals surface area contributed by atoms with E-state index in [1.807, 2.05) is 0 Å². The molecule has 1 unspecified atom stereocenters. The minimum Gasteiger partial charge on any atom is -0.317 e. The third kappa shape index (κ3) is 5.82. The van der Waals surface area contributed by atoms with Crippen LogP contribution in [0.2, 0.25) is 0 Å². The van der Waals surface area contributed by atoms with Gasteiger partial charge in [0.15, 0.2) is 0 Å². The Kier molecular flexibility index (Phi) is 5.72. The number of nitrogens with one attached hydrogen (secondary N) is 1. The monoisotopic (exact) mass is 248 g/mol. The molecule has 0 aromatic heterocycles. The van der Waals surface area contributed by atoms with E-state index in [1.54, 1.807) is 0 Å². The van der Waals surface area contributed by atoms with Crippen molar-refractivity contribution in [1.29, 1.82) is 0 Å². The van der Waals surface area contributed by atoms with Crippen LogP contribution in [0.1, 0.15) is 25.7 Å². The van der Waals surface area contributed by atoms with E-state index in [-0.39, 0.29) is 0 Å². The smallest absolute Gasteiger partial charge is 0.147 e. The molecule has 0 spiro atoms. The van der Waals surface area contributed by atoms with Crippen LogP contribution in [-0.2, 0) is 9.84 Å². The van der Waals surface area contributed by atoms with Crippen LogP contribution in [0, 0.1) is 0 Å². The highest BCUT2D eigenvalue weighted by atomic mass is 32.2. The van der Waals surface area contributed by atoms with Crippen molar-refractivity contribution in [1.82, 2.24) is 10.2 Å². The Balaban J connectivity index is 2.25. The molecule has 1 saturated heterocycles. The Hall–Kier alpha value is -0.130. The fourth-order valence-corrected chi connectivity index (χ4v) is 2.85. The zero-order chi connectivity index (χ0) is 12.0. The first-order valence-electron chi connectivity index (χ1n) is 6.08. The maximum absolute atomic E-state index is 11.0. The quantitative estimate of drug-likeness (QED) is 0.769. The molecule has 0 radical (unpaired) electrons. The highest BCUT2D eigenvalue weighted by Gasteiger charge is 2.16. The molecule has 4 nitrogen and oxygen atoms in total. The molecule has 1 aliphatic rings. The third-order valence-electron chi connectivity index (χ3n) is 3.19. The lowest BCUT2D eigenvalue weighted by Gasteiger charge is -2.26. The second-order valence-electron chi connectivity index (χ2n) is 4.80. The van der Waals surface area contributed by atoms with E-state index in [0.717, 1.165) is 26.1 Å². The average Bonchev–Trinajstić information content (AvgIpc) is 2.43. The molecule has 96 valence electrons. The zero-order valence-electron chi connectivity index (χ0n) is 10.4. The summed E-state index contributed by atoms with van der Waals surface area (Å²) in [5.74, 6) is 0.308. The maximum atomic E-state index is 11.0. The Labute approximate surface area is 99.3 Å². The van der Waals surface area contributed by atoms with Gasteiger partial charge in [0.1, 0.15) is 9.84 Å². The summed E-state index contributed by atoms with van der Waals surface area (Å²) in [4.78, 5) is 2.32. The standard InChI is InChI=1S/C11H24N2O2S/c1-13(9-4-10-16(2,14)15)11-5-3-7-12-8-6-11/h11-12H,3-10H2,1-2H3. The molecule has 5 heteroatoms. The van der Waals surface area contributed by atoms with Gasteiger partial charge in [0, 0.05) is 12.3 Å². The normalized spacial score (nSPS) is 23.3. The second-order valence-corrected chi connectivity index (χ2v) is 7.06. The van der Waals surface area contributed by atoms with Gasteiger partial charge in [-0.3, -0.25) is 0 Å². The summed E-state index contributed by atoms with van der Waals surface area (Å²) >= 11 is 0. The van der Waals surface area contributed by atoms with Crippen molar-refractivity contribution in [3.63, 3.8) is 0 Å². The summed E-state index contributed by atoms with van der Waals surface area (Å²) in [6.45, 7) is 3.09. The summed E-state index contributed by atoms with van der Waals surface area (Å²) < 4.78 is 22.0. The second kappa shape index (κ2) is 6.57. The highest BCUT2D eigenvalue weighted by molar-refractivity contribution is 7.90. The van der Waals surface area contributed by atoms with Gasteiger partial charge in [-0.1, -0.05) is 0 Å². The van der Waals surface area contributed by atoms with E-state index in [2.05, 4.69) is 17.3 Å². The largest absolute Gasteiger partial charge is 0.317 e. The van der Waals surface area contributed by atoms with Crippen molar-refractivity contribution < 1.29 is 8.42 Å². The summed E-state index contributed by atoms with van der Waals surface area (Å²) in [6.07, 6.45) is 5.68. The minimum absolute atomic E-state index is 0.308. The molecule has 0 aromatic rings. The van der Waals surface area contributed by atoms with E-state index in [1.165, 1.54) is 25.5 Å². The SMILES string of the molecule is CN(CCCS(C)(=O)=O)C1CCCNCC1. The van der Waals surface area contributed by atoms with Gasteiger partial charge in [-0.05, 0) is 52.4 Å². The molecule has 1 aliphatic heterocycles. The van der Waals surface area contributed by atoms with E-state index in [4.69, 9.17) is 0 Å². The number of hydrogen-bond donors (Lipinski definition) is 1. The summed E-state index contributed by atoms with van der Waals surface area (Å²) in [6, 6.07) is 0.620. The molecule has 1 fully saturated rings. The first-order valence-corrected chi connectivity index (χ1v) is 8.14. The van der Waals surface area contributed by atoms with Crippen molar-refractivity contribution in [2.24, 2.45) is 0 Å². The van der Waals surface area contributed by atoms with Crippen LogP contribution >= 0.6 is 0 Å². The zero-order valence-corrected chi connectivity index (χ0v) is 11.2. The van der Waals surface area contributed by atoms with Gasteiger partial charge in [-0.25, -0.2) is 8.42 Å². The van der Waals surface area contributed by atoms with Crippen molar-refractivity contribution in [2.45, 2.75) is 31.7 Å². The molecule has 0 saturated carbocycles. The van der Waals surface area contributed by atoms with Gasteiger partial charge in [0.25, 0.3) is 0 Å². The van der Waals surface area contributed by atoms with E-state index in [9.17, 15) is 8.42 Å². The molecule has 16 heavy (non-hydrogen) atoms. The van der Waals surface area contributed by atoms with Gasteiger partial charge >= 0.3 is 0 Å². The Morgan fingerprint density at radius 1 is 1.31 bits per heavy atom. The molecule has 1 N–H and O–H groups in total. The molecule has 1 heterocycles. The predicted octanol–water partition coefficient (Wildman–Crippen LogP) is 0.495. The Morgan fingerprint density at radius 3 is 2.75 bits per heavy atom. The van der Waals surface area contributed by atoms with Crippen LogP contribution in [0.25, 0.3) is 0 Å². The Morgan fingerprint density at radius 2 is 2.06 bits per heavy atom. The van der Waals surface area contributed by atoms with Crippen molar-refractivity contribution in [3.05, 3.63) is 0 Å². The molecule has 1 rings (SSSR count). The van der Waals surface area contributed by atoms with Crippen LogP contribution in [0.5, 0.6) is 0 Å². The first-order chi connectivity index (χ1) is 7.49. The summed E-state index contributed by atoms with van der Waals surface area (Å²) in [5, 5.41) is 3.39. The molecule has 0 amide bonds. The van der Waals surface area contributed by atoms with Gasteiger partial charge in [-0.2, -0.15) is 0 Å². The number of sulfone groups is 1. The average molecular weight is 248 g/mol. The fourth-order valence-electron chi connectivity index (χ4n) is 2.20. The fraction of sp³-hybridized carbons (Fsp3) is 1.00. The summed E-state index contributed by atoms with van der Waals surface area (Å²) in [7, 11) is -0.687. The summed E-state index contributed by atoms with van der Waals surface area (Å²) in [5.41, 5.74) is 0. The molecule has 0 bridgehead atoms. The molecule has 0 aliphatic carbocycles. The van der Waals surface area contributed by atoms with Crippen molar-refractivity contribution >= 4 is 9.84 Å². The van der Waals surface area contributed by atoms with Gasteiger partial charge < -0.3 is 10.2 Å². The topological polar surface area (TPSA) is 49.4 Å². The molecule has 1 atom stereocenters. The van der Waals surface area contributed by atoms with Crippen LogP contribution in [0.4, 0.5) is 0 Å². The Bertz CT molecular complexity index is 282. The lowest BCUT2D eigenvalue weighted by Crippen LogP contribution is -2.33. The van der Waals surface area contributed by atoms with E-state index < -0.39 is 9.84 Å². The number of nitrogens with zero attached hydrogens (tertiary/aromatic N) is 1. The lowest BCUT2D eigenvalue weighted by atomic mass is 10.1. The van der Waals surface area contributed by atoms with Crippen molar-refractivity contribution in [2.75, 3.05) is 38.7 Å². The maximum Gasteiger partial charge on any atom is 0.147 e. The van der Waals surface area contributed by atoms with Crippen LogP contribution in [-0.4, -0.2) is 58.1 Å². The highest BCUT2D eigenvalue weighted by Crippen LogP contribution is 2.12. The number of rotatable bonds is 5. The van der Waals surface area contributed by atoms with Crippen molar-refractivity contribution in [3.8, 4) is 0 Å². The molecular weight excluding hydrogens is 224 g/mol. The molecule has 0 aromatic carbocycles. The first kappa shape index (κ1) is 13.9. The van der Waals surface area contributed by atoms with Crippen LogP contribution < -0.4 is 5.32 Å². The lowest BCUT2D eigenvalue weighted by molar-refractivity contribution is 0.225. The van der Waals surface area contributed by atoms with Gasteiger partial charge in [0.05, 0.1) is 5.75 Å². The minimum atomic E-state index is -2.80.